The van der Waals surface area contributed by atoms with Gasteiger partial charge in [0.1, 0.15) is 5.82 Å². The lowest BCUT2D eigenvalue weighted by atomic mass is 9.77. The second kappa shape index (κ2) is 6.83. The summed E-state index contributed by atoms with van der Waals surface area (Å²) in [4.78, 5) is 12.6. The zero-order chi connectivity index (χ0) is 16.5. The van der Waals surface area contributed by atoms with Gasteiger partial charge < -0.3 is 10.6 Å². The summed E-state index contributed by atoms with van der Waals surface area (Å²) in [6, 6.07) is 7.94. The molecule has 1 aromatic rings. The van der Waals surface area contributed by atoms with Crippen molar-refractivity contribution in [2.45, 2.75) is 69.5 Å². The van der Waals surface area contributed by atoms with Crippen LogP contribution in [0.5, 0.6) is 0 Å². The molecule has 130 valence electrons. The van der Waals surface area contributed by atoms with Crippen molar-refractivity contribution in [3.8, 4) is 0 Å². The summed E-state index contributed by atoms with van der Waals surface area (Å²) in [5.74, 6) is 0.966. The van der Waals surface area contributed by atoms with Crippen molar-refractivity contribution in [1.29, 1.82) is 0 Å². The third-order valence-corrected chi connectivity index (χ3v) is 6.21. The molecule has 4 heteroatoms. The number of amides is 1. The first-order valence-electron chi connectivity index (χ1n) is 9.48. The van der Waals surface area contributed by atoms with Crippen LogP contribution >= 0.6 is 0 Å². The van der Waals surface area contributed by atoms with Gasteiger partial charge in [-0.15, -0.1) is 0 Å². The Labute approximate surface area is 143 Å². The largest absolute Gasteiger partial charge is 0.349 e. The predicted octanol–water partition coefficient (Wildman–Crippen LogP) is 3.70. The van der Waals surface area contributed by atoms with Gasteiger partial charge in [0.25, 0.3) is 0 Å². The number of carbonyl (C=O) groups excluding carboxylic acids is 1. The van der Waals surface area contributed by atoms with Crippen LogP contribution < -0.4 is 10.6 Å². The second-order valence-electron chi connectivity index (χ2n) is 7.97. The van der Waals surface area contributed by atoms with Crippen LogP contribution in [0.2, 0.25) is 0 Å². The Balaban J connectivity index is 1.38. The quantitative estimate of drug-likeness (QED) is 0.864. The Kier molecular flexibility index (Phi) is 4.57. The average Bonchev–Trinajstić information content (AvgIpc) is 2.84. The van der Waals surface area contributed by atoms with Gasteiger partial charge in [-0.25, -0.2) is 4.39 Å². The van der Waals surface area contributed by atoms with Crippen molar-refractivity contribution in [3.05, 3.63) is 35.6 Å². The molecule has 3 nitrogen and oxygen atoms in total. The van der Waals surface area contributed by atoms with E-state index in [4.69, 9.17) is 0 Å². The van der Waals surface area contributed by atoms with Gasteiger partial charge in [-0.05, 0) is 68.1 Å². The zero-order valence-electron chi connectivity index (χ0n) is 14.1. The summed E-state index contributed by atoms with van der Waals surface area (Å²) in [5.41, 5.74) is 1.04. The van der Waals surface area contributed by atoms with Crippen molar-refractivity contribution >= 4 is 5.91 Å². The minimum atomic E-state index is -0.220. The number of carbonyl (C=O) groups is 1. The highest BCUT2D eigenvalue weighted by Gasteiger charge is 2.35. The molecule has 2 heterocycles. The lowest BCUT2D eigenvalue weighted by Gasteiger charge is -2.35. The SMILES string of the molecule is O=C(CC1CC2CCC(C1)N2)NC(c1ccc(F)cc1)C1CCC1. The van der Waals surface area contributed by atoms with E-state index >= 15 is 0 Å². The number of hydrogen-bond donors (Lipinski definition) is 2. The van der Waals surface area contributed by atoms with Crippen molar-refractivity contribution in [1.82, 2.24) is 10.6 Å². The van der Waals surface area contributed by atoms with Crippen LogP contribution in [0.15, 0.2) is 24.3 Å². The molecule has 1 saturated carbocycles. The fourth-order valence-electron chi connectivity index (χ4n) is 4.75. The molecule has 3 aliphatic rings. The number of rotatable bonds is 5. The Bertz CT molecular complexity index is 572. The van der Waals surface area contributed by atoms with Gasteiger partial charge in [-0.2, -0.15) is 0 Å². The van der Waals surface area contributed by atoms with Gasteiger partial charge in [-0.1, -0.05) is 18.6 Å². The van der Waals surface area contributed by atoms with Crippen LogP contribution in [-0.4, -0.2) is 18.0 Å². The standard InChI is InChI=1S/C20H27FN2O/c21-16-6-4-15(5-7-16)20(14-2-1-3-14)23-19(24)12-13-10-17-8-9-18(11-13)22-17/h4-7,13-14,17-18,20,22H,1-3,8-12H2,(H,23,24). The molecule has 3 unspecified atom stereocenters. The molecule has 0 radical (unpaired) electrons. The van der Waals surface area contributed by atoms with E-state index in [1.807, 2.05) is 12.1 Å². The lowest BCUT2D eigenvalue weighted by molar-refractivity contribution is -0.123. The summed E-state index contributed by atoms with van der Waals surface area (Å²) in [6.45, 7) is 0. The number of nitrogens with one attached hydrogen (secondary N) is 2. The molecule has 3 fully saturated rings. The van der Waals surface area contributed by atoms with E-state index in [-0.39, 0.29) is 17.8 Å². The number of hydrogen-bond acceptors (Lipinski definition) is 2. The maximum Gasteiger partial charge on any atom is 0.220 e. The summed E-state index contributed by atoms with van der Waals surface area (Å²) >= 11 is 0. The van der Waals surface area contributed by atoms with Crippen molar-refractivity contribution < 1.29 is 9.18 Å². The minimum absolute atomic E-state index is 0.0466. The van der Waals surface area contributed by atoms with E-state index in [0.717, 1.165) is 31.2 Å². The first kappa shape index (κ1) is 16.1. The van der Waals surface area contributed by atoms with Gasteiger partial charge in [-0.3, -0.25) is 4.79 Å². The number of benzene rings is 1. The normalized spacial score (nSPS) is 30.6. The highest BCUT2D eigenvalue weighted by molar-refractivity contribution is 5.76. The molecule has 1 aliphatic carbocycles. The molecule has 2 saturated heterocycles. The molecule has 0 spiro atoms. The van der Waals surface area contributed by atoms with Crippen LogP contribution in [0, 0.1) is 17.7 Å². The molecule has 2 bridgehead atoms. The monoisotopic (exact) mass is 330 g/mol. The molecular formula is C20H27FN2O. The van der Waals surface area contributed by atoms with E-state index < -0.39 is 0 Å². The summed E-state index contributed by atoms with van der Waals surface area (Å²) < 4.78 is 13.2. The van der Waals surface area contributed by atoms with Gasteiger partial charge in [0.15, 0.2) is 0 Å². The topological polar surface area (TPSA) is 41.1 Å². The first-order chi connectivity index (χ1) is 11.7. The van der Waals surface area contributed by atoms with Crippen LogP contribution in [0.4, 0.5) is 4.39 Å². The Hall–Kier alpha value is -1.42. The zero-order valence-corrected chi connectivity index (χ0v) is 14.1. The van der Waals surface area contributed by atoms with E-state index in [0.29, 0.717) is 30.3 Å². The Morgan fingerprint density at radius 2 is 1.79 bits per heavy atom. The molecular weight excluding hydrogens is 303 g/mol. The van der Waals surface area contributed by atoms with Gasteiger partial charge in [0, 0.05) is 18.5 Å². The Morgan fingerprint density at radius 3 is 2.38 bits per heavy atom. The fraction of sp³-hybridized carbons (Fsp3) is 0.650. The minimum Gasteiger partial charge on any atom is -0.349 e. The van der Waals surface area contributed by atoms with Crippen LogP contribution in [0.25, 0.3) is 0 Å². The van der Waals surface area contributed by atoms with E-state index in [1.165, 1.54) is 31.4 Å². The van der Waals surface area contributed by atoms with E-state index in [2.05, 4.69) is 10.6 Å². The predicted molar refractivity (Wildman–Crippen MR) is 91.9 cm³/mol. The third-order valence-electron chi connectivity index (χ3n) is 6.21. The first-order valence-corrected chi connectivity index (χ1v) is 9.48. The summed E-state index contributed by atoms with van der Waals surface area (Å²) in [5, 5.41) is 6.90. The molecule has 1 aromatic carbocycles. The highest BCUT2D eigenvalue weighted by Crippen LogP contribution is 2.38. The lowest BCUT2D eigenvalue weighted by Crippen LogP contribution is -2.41. The molecule has 4 rings (SSSR count). The maximum absolute atomic E-state index is 13.2. The number of halogens is 1. The van der Waals surface area contributed by atoms with Gasteiger partial charge in [0.05, 0.1) is 6.04 Å². The number of piperidine rings is 1. The summed E-state index contributed by atoms with van der Waals surface area (Å²) in [6.07, 6.45) is 8.98. The van der Waals surface area contributed by atoms with Crippen molar-refractivity contribution in [2.75, 3.05) is 0 Å². The van der Waals surface area contributed by atoms with Crippen LogP contribution in [-0.2, 0) is 4.79 Å². The van der Waals surface area contributed by atoms with Crippen LogP contribution in [0.3, 0.4) is 0 Å². The van der Waals surface area contributed by atoms with E-state index in [9.17, 15) is 9.18 Å². The van der Waals surface area contributed by atoms with Crippen molar-refractivity contribution in [2.24, 2.45) is 11.8 Å². The van der Waals surface area contributed by atoms with Gasteiger partial charge in [0.2, 0.25) is 5.91 Å². The maximum atomic E-state index is 13.2. The fourth-order valence-corrected chi connectivity index (χ4v) is 4.75. The smallest absolute Gasteiger partial charge is 0.220 e. The molecule has 0 aromatic heterocycles. The van der Waals surface area contributed by atoms with Gasteiger partial charge >= 0.3 is 0 Å². The second-order valence-corrected chi connectivity index (χ2v) is 7.97. The summed E-state index contributed by atoms with van der Waals surface area (Å²) in [7, 11) is 0. The molecule has 24 heavy (non-hydrogen) atoms. The molecule has 1 amide bonds. The number of fused-ring (bicyclic) bond motifs is 2. The Morgan fingerprint density at radius 1 is 1.12 bits per heavy atom. The van der Waals surface area contributed by atoms with Crippen LogP contribution in [0.1, 0.15) is 63.0 Å². The van der Waals surface area contributed by atoms with Crippen molar-refractivity contribution in [3.63, 3.8) is 0 Å². The average molecular weight is 330 g/mol. The highest BCUT2D eigenvalue weighted by atomic mass is 19.1. The molecule has 2 N–H and O–H groups in total. The molecule has 2 aliphatic heterocycles. The molecule has 3 atom stereocenters. The van der Waals surface area contributed by atoms with E-state index in [1.54, 1.807) is 0 Å². The third kappa shape index (κ3) is 3.49.